The third-order valence-corrected chi connectivity index (χ3v) is 3.88. The van der Waals surface area contributed by atoms with Crippen LogP contribution < -0.4 is 5.32 Å². The topological polar surface area (TPSA) is 42.0 Å². The second kappa shape index (κ2) is 7.21. The van der Waals surface area contributed by atoms with Gasteiger partial charge in [-0.3, -0.25) is 9.78 Å². The maximum Gasteiger partial charge on any atom is 0.224 e. The van der Waals surface area contributed by atoms with E-state index in [1.54, 1.807) is 6.20 Å². The molecule has 2 aromatic rings. The molecular weight excluding hydrogens is 272 g/mol. The summed E-state index contributed by atoms with van der Waals surface area (Å²) in [7, 11) is 0. The zero-order valence-corrected chi connectivity index (χ0v) is 13.8. The van der Waals surface area contributed by atoms with Crippen molar-refractivity contribution < 1.29 is 4.79 Å². The largest absolute Gasteiger partial charge is 0.349 e. The molecule has 1 N–H and O–H groups in total. The van der Waals surface area contributed by atoms with Gasteiger partial charge < -0.3 is 5.32 Å². The van der Waals surface area contributed by atoms with Gasteiger partial charge in [-0.15, -0.1) is 0 Å². The number of carbonyl (C=O) groups excluding carboxylic acids is 1. The first-order valence-corrected chi connectivity index (χ1v) is 7.73. The van der Waals surface area contributed by atoms with E-state index in [1.807, 2.05) is 32.2 Å². The summed E-state index contributed by atoms with van der Waals surface area (Å²) in [6, 6.07) is 10.1. The number of nitrogens with one attached hydrogen (secondary N) is 1. The van der Waals surface area contributed by atoms with Gasteiger partial charge in [0.1, 0.15) is 0 Å². The van der Waals surface area contributed by atoms with Crippen LogP contribution in [0.2, 0.25) is 0 Å². The minimum Gasteiger partial charge on any atom is -0.349 e. The van der Waals surface area contributed by atoms with Crippen molar-refractivity contribution in [3.63, 3.8) is 0 Å². The molecule has 0 fully saturated rings. The van der Waals surface area contributed by atoms with E-state index in [0.29, 0.717) is 12.3 Å². The second-order valence-electron chi connectivity index (χ2n) is 6.18. The van der Waals surface area contributed by atoms with E-state index in [2.05, 4.69) is 42.3 Å². The Morgan fingerprint density at radius 3 is 2.64 bits per heavy atom. The van der Waals surface area contributed by atoms with Crippen molar-refractivity contribution >= 4 is 5.91 Å². The highest BCUT2D eigenvalue weighted by molar-refractivity contribution is 5.79. The van der Waals surface area contributed by atoms with Gasteiger partial charge in [-0.2, -0.15) is 0 Å². The molecule has 1 atom stereocenters. The number of rotatable bonds is 5. The lowest BCUT2D eigenvalue weighted by atomic mass is 9.96. The van der Waals surface area contributed by atoms with Crippen LogP contribution in [0.15, 0.2) is 42.7 Å². The minimum absolute atomic E-state index is 0.00804. The summed E-state index contributed by atoms with van der Waals surface area (Å²) in [6.07, 6.45) is 3.98. The Labute approximate surface area is 132 Å². The van der Waals surface area contributed by atoms with Gasteiger partial charge in [0.15, 0.2) is 0 Å². The number of hydrogen-bond acceptors (Lipinski definition) is 2. The summed E-state index contributed by atoms with van der Waals surface area (Å²) in [6.45, 7) is 8.31. The number of aromatic nitrogens is 1. The fraction of sp³-hybridized carbons (Fsp3) is 0.368. The third kappa shape index (κ3) is 4.17. The predicted molar refractivity (Wildman–Crippen MR) is 89.6 cm³/mol. The van der Waals surface area contributed by atoms with Crippen LogP contribution in [0.1, 0.15) is 42.1 Å². The zero-order valence-electron chi connectivity index (χ0n) is 13.8. The summed E-state index contributed by atoms with van der Waals surface area (Å²) in [5.74, 6) is 0.364. The Hall–Kier alpha value is -2.16. The van der Waals surface area contributed by atoms with Crippen LogP contribution in [0.5, 0.6) is 0 Å². The molecule has 0 saturated heterocycles. The van der Waals surface area contributed by atoms with Gasteiger partial charge in [-0.25, -0.2) is 0 Å². The Morgan fingerprint density at radius 2 is 2.00 bits per heavy atom. The molecule has 0 aliphatic rings. The van der Waals surface area contributed by atoms with Gasteiger partial charge in [0.05, 0.1) is 12.5 Å². The standard InChI is InChI=1S/C19H24N2O/c1-13(2)19(16-6-5-9-20-12-16)21-18(22)11-17-10-14(3)7-8-15(17)4/h5-10,12-13,19H,11H2,1-4H3,(H,21,22). The molecule has 0 aliphatic carbocycles. The molecule has 0 radical (unpaired) electrons. The predicted octanol–water partition coefficient (Wildman–Crippen LogP) is 3.75. The van der Waals surface area contributed by atoms with Crippen LogP contribution in [-0.2, 0) is 11.2 Å². The first-order chi connectivity index (χ1) is 10.5. The number of nitrogens with zero attached hydrogens (tertiary/aromatic N) is 1. The Morgan fingerprint density at radius 1 is 1.23 bits per heavy atom. The van der Waals surface area contributed by atoms with Crippen LogP contribution >= 0.6 is 0 Å². The van der Waals surface area contributed by atoms with Crippen LogP contribution in [0.3, 0.4) is 0 Å². The Balaban J connectivity index is 2.10. The minimum atomic E-state index is -0.00804. The SMILES string of the molecule is Cc1ccc(C)c(CC(=O)NC(c2cccnc2)C(C)C)c1. The summed E-state index contributed by atoms with van der Waals surface area (Å²) in [4.78, 5) is 16.6. The van der Waals surface area contributed by atoms with Crippen molar-refractivity contribution in [2.24, 2.45) is 5.92 Å². The van der Waals surface area contributed by atoms with E-state index in [4.69, 9.17) is 0 Å². The molecule has 116 valence electrons. The van der Waals surface area contributed by atoms with E-state index >= 15 is 0 Å². The van der Waals surface area contributed by atoms with Crippen molar-refractivity contribution in [3.05, 3.63) is 65.0 Å². The van der Waals surface area contributed by atoms with Gasteiger partial charge in [-0.05, 0) is 42.5 Å². The molecule has 1 aromatic carbocycles. The third-order valence-electron chi connectivity index (χ3n) is 3.88. The maximum atomic E-state index is 12.4. The molecule has 0 bridgehead atoms. The summed E-state index contributed by atoms with van der Waals surface area (Å²) in [5.41, 5.74) is 4.47. The lowest BCUT2D eigenvalue weighted by Crippen LogP contribution is -2.33. The molecule has 3 heteroatoms. The lowest BCUT2D eigenvalue weighted by Gasteiger charge is -2.23. The zero-order chi connectivity index (χ0) is 16.1. The highest BCUT2D eigenvalue weighted by Gasteiger charge is 2.18. The summed E-state index contributed by atoms with van der Waals surface area (Å²) < 4.78 is 0. The van der Waals surface area contributed by atoms with Gasteiger partial charge in [0, 0.05) is 12.4 Å². The number of aryl methyl sites for hydroxylation is 2. The van der Waals surface area contributed by atoms with E-state index in [-0.39, 0.29) is 11.9 Å². The van der Waals surface area contributed by atoms with Crippen molar-refractivity contribution in [1.82, 2.24) is 10.3 Å². The van der Waals surface area contributed by atoms with Crippen molar-refractivity contribution in [2.45, 2.75) is 40.2 Å². The number of amides is 1. The number of carbonyl (C=O) groups is 1. The first kappa shape index (κ1) is 16.2. The van der Waals surface area contributed by atoms with E-state index in [1.165, 1.54) is 5.56 Å². The van der Waals surface area contributed by atoms with Gasteiger partial charge >= 0.3 is 0 Å². The molecule has 0 aliphatic heterocycles. The smallest absolute Gasteiger partial charge is 0.224 e. The Kier molecular flexibility index (Phi) is 5.31. The highest BCUT2D eigenvalue weighted by Crippen LogP contribution is 2.21. The molecule has 0 spiro atoms. The van der Waals surface area contributed by atoms with Crippen LogP contribution in [0.4, 0.5) is 0 Å². The number of hydrogen-bond donors (Lipinski definition) is 1. The second-order valence-corrected chi connectivity index (χ2v) is 6.18. The van der Waals surface area contributed by atoms with E-state index in [0.717, 1.165) is 16.7 Å². The molecular formula is C19H24N2O. The quantitative estimate of drug-likeness (QED) is 0.913. The summed E-state index contributed by atoms with van der Waals surface area (Å²) in [5, 5.41) is 3.15. The van der Waals surface area contributed by atoms with E-state index in [9.17, 15) is 4.79 Å². The number of benzene rings is 1. The molecule has 1 heterocycles. The van der Waals surface area contributed by atoms with Crippen molar-refractivity contribution in [1.29, 1.82) is 0 Å². The first-order valence-electron chi connectivity index (χ1n) is 7.73. The van der Waals surface area contributed by atoms with E-state index < -0.39 is 0 Å². The maximum absolute atomic E-state index is 12.4. The van der Waals surface area contributed by atoms with Gasteiger partial charge in [0.25, 0.3) is 0 Å². The normalized spacial score (nSPS) is 12.2. The Bertz CT molecular complexity index is 635. The fourth-order valence-electron chi connectivity index (χ4n) is 2.58. The summed E-state index contributed by atoms with van der Waals surface area (Å²) >= 11 is 0. The van der Waals surface area contributed by atoms with Crippen LogP contribution in [0, 0.1) is 19.8 Å². The monoisotopic (exact) mass is 296 g/mol. The molecule has 22 heavy (non-hydrogen) atoms. The molecule has 3 nitrogen and oxygen atoms in total. The molecule has 1 amide bonds. The lowest BCUT2D eigenvalue weighted by molar-refractivity contribution is -0.121. The highest BCUT2D eigenvalue weighted by atomic mass is 16.1. The molecule has 2 rings (SSSR count). The average molecular weight is 296 g/mol. The van der Waals surface area contributed by atoms with Gasteiger partial charge in [-0.1, -0.05) is 43.7 Å². The molecule has 1 aromatic heterocycles. The fourth-order valence-corrected chi connectivity index (χ4v) is 2.58. The van der Waals surface area contributed by atoms with Crippen LogP contribution in [0.25, 0.3) is 0 Å². The van der Waals surface area contributed by atoms with Crippen molar-refractivity contribution in [2.75, 3.05) is 0 Å². The van der Waals surface area contributed by atoms with Crippen LogP contribution in [-0.4, -0.2) is 10.9 Å². The number of pyridine rings is 1. The molecule has 0 saturated carbocycles. The average Bonchev–Trinajstić information content (AvgIpc) is 2.49. The van der Waals surface area contributed by atoms with Crippen molar-refractivity contribution in [3.8, 4) is 0 Å². The molecule has 1 unspecified atom stereocenters. The van der Waals surface area contributed by atoms with Gasteiger partial charge in [0.2, 0.25) is 5.91 Å².